The number of nitrogens with zero attached hydrogens (tertiary/aromatic N) is 2. The quantitative estimate of drug-likeness (QED) is 0.852. The van der Waals surface area contributed by atoms with Crippen LogP contribution in [0.25, 0.3) is 0 Å². The highest BCUT2D eigenvalue weighted by atomic mass is 16.1. The molecule has 5 heteroatoms. The highest BCUT2D eigenvalue weighted by Crippen LogP contribution is 2.25. The van der Waals surface area contributed by atoms with Gasteiger partial charge in [0, 0.05) is 25.2 Å². The number of hydrogen-bond donors (Lipinski definition) is 2. The van der Waals surface area contributed by atoms with Gasteiger partial charge >= 0.3 is 0 Å². The maximum atomic E-state index is 12.2. The highest BCUT2D eigenvalue weighted by molar-refractivity contribution is 5.93. The molecule has 18 heavy (non-hydrogen) atoms. The van der Waals surface area contributed by atoms with Crippen LogP contribution in [0, 0.1) is 5.92 Å². The summed E-state index contributed by atoms with van der Waals surface area (Å²) in [6.07, 6.45) is 6.39. The summed E-state index contributed by atoms with van der Waals surface area (Å²) in [6.45, 7) is 2.04. The summed E-state index contributed by atoms with van der Waals surface area (Å²) in [5.41, 5.74) is 7.64. The third-order valence-corrected chi connectivity index (χ3v) is 3.64. The van der Waals surface area contributed by atoms with E-state index in [4.69, 9.17) is 5.73 Å². The summed E-state index contributed by atoms with van der Waals surface area (Å²) in [7, 11) is 1.87. The van der Waals surface area contributed by atoms with Gasteiger partial charge in [-0.2, -0.15) is 5.10 Å². The summed E-state index contributed by atoms with van der Waals surface area (Å²) < 4.78 is 1.74. The van der Waals surface area contributed by atoms with Crippen molar-refractivity contribution < 1.29 is 4.79 Å². The minimum Gasteiger partial charge on any atom is -0.328 e. The molecule has 0 unspecified atom stereocenters. The van der Waals surface area contributed by atoms with Crippen molar-refractivity contribution in [2.75, 3.05) is 5.32 Å². The van der Waals surface area contributed by atoms with E-state index in [1.807, 2.05) is 20.2 Å². The normalized spacial score (nSPS) is 23.9. The molecule has 1 aliphatic rings. The molecule has 1 heterocycles. The zero-order valence-electron chi connectivity index (χ0n) is 11.1. The Morgan fingerprint density at radius 3 is 2.78 bits per heavy atom. The second-order valence-corrected chi connectivity index (χ2v) is 5.12. The van der Waals surface area contributed by atoms with E-state index in [0.29, 0.717) is 0 Å². The lowest BCUT2D eigenvalue weighted by Gasteiger charge is -2.25. The average Bonchev–Trinajstić information content (AvgIpc) is 2.70. The fourth-order valence-corrected chi connectivity index (χ4v) is 2.52. The lowest BCUT2D eigenvalue weighted by molar-refractivity contribution is -0.120. The third-order valence-electron chi connectivity index (χ3n) is 3.64. The van der Waals surface area contributed by atoms with Crippen molar-refractivity contribution >= 4 is 11.6 Å². The third kappa shape index (κ3) is 2.90. The van der Waals surface area contributed by atoms with Crippen LogP contribution in [-0.2, 0) is 18.3 Å². The lowest BCUT2D eigenvalue weighted by Crippen LogP contribution is -2.32. The van der Waals surface area contributed by atoms with Gasteiger partial charge in [0.2, 0.25) is 5.91 Å². The van der Waals surface area contributed by atoms with Crippen LogP contribution in [0.15, 0.2) is 6.20 Å². The number of hydrogen-bond acceptors (Lipinski definition) is 3. The molecule has 0 aromatic carbocycles. The van der Waals surface area contributed by atoms with Gasteiger partial charge in [0.1, 0.15) is 0 Å². The molecule has 0 atom stereocenters. The predicted molar refractivity (Wildman–Crippen MR) is 71.1 cm³/mol. The van der Waals surface area contributed by atoms with E-state index in [9.17, 15) is 4.79 Å². The largest absolute Gasteiger partial charge is 0.328 e. The van der Waals surface area contributed by atoms with Gasteiger partial charge in [-0.05, 0) is 32.1 Å². The number of aromatic nitrogens is 2. The van der Waals surface area contributed by atoms with Crippen molar-refractivity contribution in [1.29, 1.82) is 0 Å². The molecule has 1 fully saturated rings. The molecule has 1 saturated carbocycles. The standard InChI is InChI=1S/C13H22N4O/c1-3-11-12(8-17(2)16-11)15-13(18)9-4-6-10(14)7-5-9/h8-10H,3-7,14H2,1-2H3,(H,15,18). The Hall–Kier alpha value is -1.36. The van der Waals surface area contributed by atoms with E-state index in [0.717, 1.165) is 43.5 Å². The molecule has 5 nitrogen and oxygen atoms in total. The summed E-state index contributed by atoms with van der Waals surface area (Å²) >= 11 is 0. The summed E-state index contributed by atoms with van der Waals surface area (Å²) in [5.74, 6) is 0.222. The van der Waals surface area contributed by atoms with Crippen molar-refractivity contribution in [3.8, 4) is 0 Å². The summed E-state index contributed by atoms with van der Waals surface area (Å²) in [4.78, 5) is 12.2. The summed E-state index contributed by atoms with van der Waals surface area (Å²) in [6, 6.07) is 0.277. The van der Waals surface area contributed by atoms with Gasteiger partial charge in [-0.3, -0.25) is 9.48 Å². The first-order valence-corrected chi connectivity index (χ1v) is 6.69. The first kappa shape index (κ1) is 13.1. The SMILES string of the molecule is CCc1nn(C)cc1NC(=O)C1CCC(N)CC1. The maximum Gasteiger partial charge on any atom is 0.227 e. The Morgan fingerprint density at radius 1 is 1.50 bits per heavy atom. The van der Waals surface area contributed by atoms with Gasteiger partial charge < -0.3 is 11.1 Å². The monoisotopic (exact) mass is 250 g/mol. The Kier molecular flexibility index (Phi) is 4.01. The fourth-order valence-electron chi connectivity index (χ4n) is 2.52. The van der Waals surface area contributed by atoms with E-state index in [1.54, 1.807) is 4.68 Å². The van der Waals surface area contributed by atoms with Crippen LogP contribution >= 0.6 is 0 Å². The first-order valence-electron chi connectivity index (χ1n) is 6.69. The molecule has 0 aliphatic heterocycles. The number of anilines is 1. The fraction of sp³-hybridized carbons (Fsp3) is 0.692. The average molecular weight is 250 g/mol. The van der Waals surface area contributed by atoms with E-state index in [1.165, 1.54) is 0 Å². The number of carbonyl (C=O) groups excluding carboxylic acids is 1. The zero-order valence-corrected chi connectivity index (χ0v) is 11.1. The second-order valence-electron chi connectivity index (χ2n) is 5.12. The molecule has 1 aromatic heterocycles. The Bertz CT molecular complexity index is 419. The highest BCUT2D eigenvalue weighted by Gasteiger charge is 2.25. The molecular weight excluding hydrogens is 228 g/mol. The van der Waals surface area contributed by atoms with Crippen LogP contribution < -0.4 is 11.1 Å². The van der Waals surface area contributed by atoms with Gasteiger partial charge in [0.05, 0.1) is 11.4 Å². The van der Waals surface area contributed by atoms with Crippen LogP contribution in [0.5, 0.6) is 0 Å². The maximum absolute atomic E-state index is 12.2. The smallest absolute Gasteiger partial charge is 0.227 e. The number of aryl methyl sites for hydroxylation is 2. The van der Waals surface area contributed by atoms with Gasteiger partial charge in [-0.1, -0.05) is 6.92 Å². The molecular formula is C13H22N4O. The van der Waals surface area contributed by atoms with Crippen molar-refractivity contribution in [1.82, 2.24) is 9.78 Å². The number of nitrogens with one attached hydrogen (secondary N) is 1. The lowest BCUT2D eigenvalue weighted by atomic mass is 9.86. The van der Waals surface area contributed by atoms with Gasteiger partial charge in [0.25, 0.3) is 0 Å². The number of amides is 1. The number of nitrogens with two attached hydrogens (primary N) is 1. The van der Waals surface area contributed by atoms with Crippen molar-refractivity contribution in [2.45, 2.75) is 45.1 Å². The molecule has 0 saturated heterocycles. The van der Waals surface area contributed by atoms with E-state index in [2.05, 4.69) is 10.4 Å². The van der Waals surface area contributed by atoms with Gasteiger partial charge in [-0.25, -0.2) is 0 Å². The first-order chi connectivity index (χ1) is 8.60. The zero-order chi connectivity index (χ0) is 13.1. The van der Waals surface area contributed by atoms with Crippen molar-refractivity contribution in [3.05, 3.63) is 11.9 Å². The second kappa shape index (κ2) is 5.52. The van der Waals surface area contributed by atoms with Crippen molar-refractivity contribution in [3.63, 3.8) is 0 Å². The Labute approximate surface area is 108 Å². The van der Waals surface area contributed by atoms with E-state index >= 15 is 0 Å². The van der Waals surface area contributed by atoms with Crippen LogP contribution in [0.1, 0.15) is 38.3 Å². The molecule has 100 valence electrons. The van der Waals surface area contributed by atoms with Crippen LogP contribution in [0.4, 0.5) is 5.69 Å². The van der Waals surface area contributed by atoms with Gasteiger partial charge in [0.15, 0.2) is 0 Å². The van der Waals surface area contributed by atoms with Crippen molar-refractivity contribution in [2.24, 2.45) is 18.7 Å². The molecule has 0 spiro atoms. The minimum atomic E-state index is 0.106. The minimum absolute atomic E-state index is 0.106. The Balaban J connectivity index is 1.98. The molecule has 1 aliphatic carbocycles. The van der Waals surface area contributed by atoms with Crippen LogP contribution in [-0.4, -0.2) is 21.7 Å². The topological polar surface area (TPSA) is 72.9 Å². The molecule has 0 bridgehead atoms. The van der Waals surface area contributed by atoms with E-state index < -0.39 is 0 Å². The van der Waals surface area contributed by atoms with Gasteiger partial charge in [-0.15, -0.1) is 0 Å². The predicted octanol–water partition coefficient (Wildman–Crippen LogP) is 1.44. The van der Waals surface area contributed by atoms with Crippen LogP contribution in [0.2, 0.25) is 0 Å². The molecule has 1 aromatic rings. The molecule has 0 radical (unpaired) electrons. The number of rotatable bonds is 3. The Morgan fingerprint density at radius 2 is 2.17 bits per heavy atom. The van der Waals surface area contributed by atoms with Crippen LogP contribution in [0.3, 0.4) is 0 Å². The van der Waals surface area contributed by atoms with E-state index in [-0.39, 0.29) is 17.9 Å². The number of carbonyl (C=O) groups is 1. The molecule has 1 amide bonds. The molecule has 3 N–H and O–H groups in total. The summed E-state index contributed by atoms with van der Waals surface area (Å²) in [5, 5.41) is 7.33. The molecule has 2 rings (SSSR count).